The Morgan fingerprint density at radius 3 is 2.16 bits per heavy atom. The average Bonchev–Trinajstić information content (AvgIpc) is 3.17. The highest BCUT2D eigenvalue weighted by Crippen LogP contribution is 2.30. The number of piperazine rings is 1. The smallest absolute Gasteiger partial charge is 0.251 e. The molecule has 2 N–H and O–H groups in total. The van der Waals surface area contributed by atoms with Gasteiger partial charge in [-0.3, -0.25) is 14.6 Å². The number of benzene rings is 3. The van der Waals surface area contributed by atoms with Crippen LogP contribution in [0.2, 0.25) is 0 Å². The molecule has 0 saturated carbocycles. The van der Waals surface area contributed by atoms with E-state index in [2.05, 4.69) is 26.5 Å². The van der Waals surface area contributed by atoms with Gasteiger partial charge >= 0.3 is 0 Å². The number of carbonyl (C=O) groups is 1. The lowest BCUT2D eigenvalue weighted by Crippen LogP contribution is -2.49. The van der Waals surface area contributed by atoms with E-state index in [1.807, 2.05) is 36.4 Å². The number of nitrogens with zero attached hydrogens (tertiary/aromatic N) is 2. The molecular formula is C30H34F2N4O. The highest BCUT2D eigenvalue weighted by Gasteiger charge is 2.26. The Hall–Kier alpha value is -3.13. The van der Waals surface area contributed by atoms with Gasteiger partial charge in [-0.1, -0.05) is 30.3 Å². The van der Waals surface area contributed by atoms with Crippen molar-refractivity contribution in [3.8, 4) is 0 Å². The van der Waals surface area contributed by atoms with Gasteiger partial charge in [0.25, 0.3) is 5.91 Å². The van der Waals surface area contributed by atoms with E-state index in [9.17, 15) is 13.6 Å². The van der Waals surface area contributed by atoms with E-state index < -0.39 is 0 Å². The van der Waals surface area contributed by atoms with Crippen molar-refractivity contribution in [2.45, 2.75) is 25.4 Å². The first-order valence-electron chi connectivity index (χ1n) is 13.1. The Morgan fingerprint density at radius 2 is 1.51 bits per heavy atom. The Kier molecular flexibility index (Phi) is 8.24. The van der Waals surface area contributed by atoms with E-state index in [1.165, 1.54) is 35.4 Å². The van der Waals surface area contributed by atoms with Crippen LogP contribution in [0, 0.1) is 11.6 Å². The predicted molar refractivity (Wildman–Crippen MR) is 141 cm³/mol. The SMILES string of the molecule is O=C(NCCN1CCN(C(c2ccc(F)cc2)c2ccc(F)cc2)CC1)c1ccc2c(c1)CNCCC2. The van der Waals surface area contributed by atoms with Gasteiger partial charge in [-0.2, -0.15) is 0 Å². The van der Waals surface area contributed by atoms with E-state index >= 15 is 0 Å². The van der Waals surface area contributed by atoms with Crippen LogP contribution < -0.4 is 10.6 Å². The molecule has 3 aromatic carbocycles. The van der Waals surface area contributed by atoms with Gasteiger partial charge in [-0.25, -0.2) is 8.78 Å². The van der Waals surface area contributed by atoms with Gasteiger partial charge in [0.05, 0.1) is 6.04 Å². The van der Waals surface area contributed by atoms with Crippen LogP contribution in [0.3, 0.4) is 0 Å². The lowest BCUT2D eigenvalue weighted by Gasteiger charge is -2.39. The summed E-state index contributed by atoms with van der Waals surface area (Å²) in [5.41, 5.74) is 5.25. The molecule has 5 nitrogen and oxygen atoms in total. The molecule has 0 bridgehead atoms. The zero-order chi connectivity index (χ0) is 25.6. The van der Waals surface area contributed by atoms with Crippen LogP contribution in [0.5, 0.6) is 0 Å². The van der Waals surface area contributed by atoms with Crippen LogP contribution in [0.15, 0.2) is 66.7 Å². The summed E-state index contributed by atoms with van der Waals surface area (Å²) in [6, 6.07) is 19.1. The number of halogens is 2. The van der Waals surface area contributed by atoms with Gasteiger partial charge in [0.15, 0.2) is 0 Å². The first-order valence-corrected chi connectivity index (χ1v) is 13.1. The molecule has 0 aliphatic carbocycles. The van der Waals surface area contributed by atoms with Crippen molar-refractivity contribution in [2.75, 3.05) is 45.8 Å². The van der Waals surface area contributed by atoms with Crippen molar-refractivity contribution < 1.29 is 13.6 Å². The van der Waals surface area contributed by atoms with Gasteiger partial charge in [-0.15, -0.1) is 0 Å². The number of carbonyl (C=O) groups excluding carboxylic acids is 1. The highest BCUT2D eigenvalue weighted by atomic mass is 19.1. The number of aryl methyl sites for hydroxylation is 1. The Bertz CT molecular complexity index is 1150. The fourth-order valence-electron chi connectivity index (χ4n) is 5.38. The number of hydrogen-bond donors (Lipinski definition) is 2. The zero-order valence-corrected chi connectivity index (χ0v) is 21.1. The molecule has 0 atom stereocenters. The summed E-state index contributed by atoms with van der Waals surface area (Å²) in [5, 5.41) is 6.50. The third-order valence-corrected chi connectivity index (χ3v) is 7.44. The molecule has 0 spiro atoms. The third kappa shape index (κ3) is 6.42. The monoisotopic (exact) mass is 504 g/mol. The van der Waals surface area contributed by atoms with Gasteiger partial charge < -0.3 is 10.6 Å². The molecule has 194 valence electrons. The Balaban J connectivity index is 1.15. The van der Waals surface area contributed by atoms with E-state index in [0.29, 0.717) is 12.1 Å². The van der Waals surface area contributed by atoms with Gasteiger partial charge in [-0.05, 0) is 78.0 Å². The first-order chi connectivity index (χ1) is 18.1. The topological polar surface area (TPSA) is 47.6 Å². The van der Waals surface area contributed by atoms with Crippen molar-refractivity contribution in [2.24, 2.45) is 0 Å². The van der Waals surface area contributed by atoms with Gasteiger partial charge in [0.2, 0.25) is 0 Å². The Morgan fingerprint density at radius 1 is 0.865 bits per heavy atom. The fourth-order valence-corrected chi connectivity index (χ4v) is 5.38. The van der Waals surface area contributed by atoms with Crippen molar-refractivity contribution in [1.82, 2.24) is 20.4 Å². The summed E-state index contributed by atoms with van der Waals surface area (Å²) in [7, 11) is 0. The first kappa shape index (κ1) is 25.5. The lowest BCUT2D eigenvalue weighted by molar-refractivity contribution is 0.0921. The lowest BCUT2D eigenvalue weighted by atomic mass is 9.96. The number of nitrogens with one attached hydrogen (secondary N) is 2. The molecule has 3 aromatic rings. The van der Waals surface area contributed by atoms with Gasteiger partial charge in [0.1, 0.15) is 11.6 Å². The number of fused-ring (bicyclic) bond motifs is 1. The molecule has 0 aromatic heterocycles. The van der Waals surface area contributed by atoms with E-state index in [0.717, 1.165) is 69.8 Å². The largest absolute Gasteiger partial charge is 0.351 e. The minimum Gasteiger partial charge on any atom is -0.351 e. The molecule has 37 heavy (non-hydrogen) atoms. The quantitative estimate of drug-likeness (QED) is 0.508. The molecule has 0 unspecified atom stereocenters. The summed E-state index contributed by atoms with van der Waals surface area (Å²) in [5.74, 6) is -0.564. The summed E-state index contributed by atoms with van der Waals surface area (Å²) in [6.07, 6.45) is 2.18. The second kappa shape index (κ2) is 11.9. The van der Waals surface area contributed by atoms with Crippen LogP contribution >= 0.6 is 0 Å². The van der Waals surface area contributed by atoms with E-state index in [1.54, 1.807) is 0 Å². The number of rotatable bonds is 7. The number of amides is 1. The molecule has 1 saturated heterocycles. The van der Waals surface area contributed by atoms with E-state index in [4.69, 9.17) is 0 Å². The summed E-state index contributed by atoms with van der Waals surface area (Å²) in [6.45, 7) is 6.57. The molecule has 5 rings (SSSR count). The molecule has 2 aliphatic rings. The fraction of sp³-hybridized carbons (Fsp3) is 0.367. The maximum absolute atomic E-state index is 13.6. The molecule has 1 fully saturated rings. The average molecular weight is 505 g/mol. The zero-order valence-electron chi connectivity index (χ0n) is 21.1. The minimum atomic E-state index is -0.268. The highest BCUT2D eigenvalue weighted by molar-refractivity contribution is 5.94. The maximum atomic E-state index is 13.6. The van der Waals surface area contributed by atoms with Gasteiger partial charge in [0, 0.05) is 51.4 Å². The van der Waals surface area contributed by atoms with Crippen LogP contribution in [0.1, 0.15) is 45.1 Å². The van der Waals surface area contributed by atoms with Crippen LogP contribution in [0.25, 0.3) is 0 Å². The standard InChI is InChI=1S/C30H34F2N4O/c31-27-9-5-23(6-10-27)29(24-7-11-28(32)12-8-24)36-18-16-35(17-19-36)15-14-34-30(37)25-4-3-22-2-1-13-33-21-26(22)20-25/h3-12,20,29,33H,1-2,13-19,21H2,(H,34,37). The summed E-state index contributed by atoms with van der Waals surface area (Å²) >= 11 is 0. The Labute approximate surface area is 217 Å². The molecule has 2 aliphatic heterocycles. The molecule has 1 amide bonds. The second-order valence-corrected chi connectivity index (χ2v) is 9.90. The van der Waals surface area contributed by atoms with Crippen molar-refractivity contribution in [1.29, 1.82) is 0 Å². The molecule has 7 heteroatoms. The normalized spacial score (nSPS) is 16.8. The second-order valence-electron chi connectivity index (χ2n) is 9.90. The van der Waals surface area contributed by atoms with Crippen LogP contribution in [-0.4, -0.2) is 61.5 Å². The van der Waals surface area contributed by atoms with Crippen molar-refractivity contribution >= 4 is 5.91 Å². The predicted octanol–water partition coefficient (Wildman–Crippen LogP) is 4.14. The number of hydrogen-bond acceptors (Lipinski definition) is 4. The van der Waals surface area contributed by atoms with Crippen molar-refractivity contribution in [3.05, 3.63) is 106 Å². The molecule has 0 radical (unpaired) electrons. The minimum absolute atomic E-state index is 0.0293. The van der Waals surface area contributed by atoms with Crippen molar-refractivity contribution in [3.63, 3.8) is 0 Å². The van der Waals surface area contributed by atoms with E-state index in [-0.39, 0.29) is 23.6 Å². The van der Waals surface area contributed by atoms with Crippen LogP contribution in [-0.2, 0) is 13.0 Å². The van der Waals surface area contributed by atoms with Crippen LogP contribution in [0.4, 0.5) is 8.78 Å². The third-order valence-electron chi connectivity index (χ3n) is 7.44. The summed E-state index contributed by atoms with van der Waals surface area (Å²) < 4.78 is 27.1. The molecular weight excluding hydrogens is 470 g/mol. The molecule has 2 heterocycles. The maximum Gasteiger partial charge on any atom is 0.251 e. The summed E-state index contributed by atoms with van der Waals surface area (Å²) in [4.78, 5) is 17.5.